The predicted molar refractivity (Wildman–Crippen MR) is 114 cm³/mol. The first kappa shape index (κ1) is 18.6. The lowest BCUT2D eigenvalue weighted by Crippen LogP contribution is -2.51. The van der Waals surface area contributed by atoms with Crippen LogP contribution in [0, 0.1) is 11.3 Å². The summed E-state index contributed by atoms with van der Waals surface area (Å²) in [5.74, 6) is 1.48. The third-order valence-electron chi connectivity index (χ3n) is 7.28. The van der Waals surface area contributed by atoms with Crippen molar-refractivity contribution in [3.63, 3.8) is 0 Å². The molecule has 2 atom stereocenters. The minimum Gasteiger partial charge on any atom is -0.341 e. The summed E-state index contributed by atoms with van der Waals surface area (Å²) >= 11 is 0. The number of hydrogen-bond donors (Lipinski definition) is 0. The molecule has 3 aromatic rings. The molecule has 0 aromatic carbocycles. The Morgan fingerprint density at radius 2 is 2.03 bits per heavy atom. The van der Waals surface area contributed by atoms with E-state index in [0.29, 0.717) is 36.9 Å². The first-order chi connectivity index (χ1) is 15.0. The molecular formula is C23H26N6O2. The lowest BCUT2D eigenvalue weighted by Gasteiger charge is -2.44. The average Bonchev–Trinajstić information content (AvgIpc) is 3.13. The van der Waals surface area contributed by atoms with Crippen molar-refractivity contribution in [3.8, 4) is 11.4 Å². The third-order valence-corrected chi connectivity index (χ3v) is 7.28. The number of amides is 1. The molecule has 2 aliphatic heterocycles. The van der Waals surface area contributed by atoms with Crippen molar-refractivity contribution in [1.82, 2.24) is 28.8 Å². The first-order valence-corrected chi connectivity index (χ1v) is 11.0. The number of carbonyl (C=O) groups is 1. The number of imidazole rings is 1. The largest absolute Gasteiger partial charge is 0.341 e. The smallest absolute Gasteiger partial charge is 0.261 e. The molecule has 0 unspecified atom stereocenters. The first-order valence-electron chi connectivity index (χ1n) is 11.0. The van der Waals surface area contributed by atoms with E-state index in [4.69, 9.17) is 0 Å². The highest BCUT2D eigenvalue weighted by atomic mass is 16.2. The highest BCUT2D eigenvalue weighted by Gasteiger charge is 2.53. The SMILES string of the molecule is Cn1ccnc1-c1ccc2n(c1=O)C[C@H]1C[C@@H]2CN(C(=O)C2(Cn3cccn3)CC2)C1. The van der Waals surface area contributed by atoms with E-state index >= 15 is 0 Å². The molecule has 1 saturated carbocycles. The van der Waals surface area contributed by atoms with Crippen LogP contribution in [0.15, 0.2) is 47.8 Å². The molecule has 3 aliphatic rings. The molecule has 0 radical (unpaired) electrons. The zero-order chi connectivity index (χ0) is 21.2. The van der Waals surface area contributed by atoms with Crippen molar-refractivity contribution in [2.24, 2.45) is 18.4 Å². The van der Waals surface area contributed by atoms with Crippen molar-refractivity contribution in [2.45, 2.75) is 38.3 Å². The van der Waals surface area contributed by atoms with Crippen molar-refractivity contribution in [2.75, 3.05) is 13.1 Å². The summed E-state index contributed by atoms with van der Waals surface area (Å²) in [5, 5.41) is 4.30. The predicted octanol–water partition coefficient (Wildman–Crippen LogP) is 1.87. The zero-order valence-electron chi connectivity index (χ0n) is 17.6. The van der Waals surface area contributed by atoms with Gasteiger partial charge in [-0.1, -0.05) is 0 Å². The van der Waals surface area contributed by atoms with Crippen LogP contribution in [-0.4, -0.2) is 47.8 Å². The van der Waals surface area contributed by atoms with Gasteiger partial charge in [0, 0.05) is 63.1 Å². The van der Waals surface area contributed by atoms with E-state index < -0.39 is 0 Å². The summed E-state index contributed by atoms with van der Waals surface area (Å²) in [7, 11) is 1.90. The maximum absolute atomic E-state index is 13.5. The van der Waals surface area contributed by atoms with E-state index in [2.05, 4.69) is 21.0 Å². The number of pyridine rings is 1. The van der Waals surface area contributed by atoms with Crippen molar-refractivity contribution >= 4 is 5.91 Å². The summed E-state index contributed by atoms with van der Waals surface area (Å²) in [6.45, 7) is 2.75. The van der Waals surface area contributed by atoms with Crippen LogP contribution in [0.4, 0.5) is 0 Å². The fraction of sp³-hybridized carbons (Fsp3) is 0.478. The molecule has 8 heteroatoms. The van der Waals surface area contributed by atoms with Crippen LogP contribution in [0.25, 0.3) is 11.4 Å². The molecular weight excluding hydrogens is 392 g/mol. The van der Waals surface area contributed by atoms with Gasteiger partial charge in [-0.3, -0.25) is 14.3 Å². The second kappa shape index (κ2) is 6.67. The van der Waals surface area contributed by atoms with E-state index in [1.807, 2.05) is 45.4 Å². The third kappa shape index (κ3) is 2.96. The van der Waals surface area contributed by atoms with Crippen molar-refractivity contribution in [3.05, 3.63) is 59.0 Å². The summed E-state index contributed by atoms with van der Waals surface area (Å²) < 4.78 is 5.69. The Hall–Kier alpha value is -3.16. The fourth-order valence-corrected chi connectivity index (χ4v) is 5.54. The minimum atomic E-state index is -0.292. The Morgan fingerprint density at radius 1 is 1.16 bits per heavy atom. The number of aromatic nitrogens is 5. The standard InChI is InChI=1S/C23H26N6O2/c1-26-10-8-24-20(26)18-3-4-19-17-11-16(13-29(19)21(18)30)12-27(14-17)22(31)23(5-6-23)15-28-9-2-7-25-28/h2-4,7-10,16-17H,5-6,11-15H2,1H3/t16-,17+/m0/s1. The number of rotatable bonds is 4. The number of aryl methyl sites for hydroxylation is 1. The van der Waals surface area contributed by atoms with Gasteiger partial charge in [-0.05, 0) is 43.4 Å². The van der Waals surface area contributed by atoms with Crippen LogP contribution in [0.2, 0.25) is 0 Å². The van der Waals surface area contributed by atoms with Crippen LogP contribution in [0.1, 0.15) is 30.9 Å². The Labute approximate surface area is 180 Å². The Balaban J connectivity index is 1.27. The van der Waals surface area contributed by atoms with E-state index in [0.717, 1.165) is 31.5 Å². The van der Waals surface area contributed by atoms with Gasteiger partial charge < -0.3 is 14.0 Å². The monoisotopic (exact) mass is 418 g/mol. The van der Waals surface area contributed by atoms with Gasteiger partial charge in [0.2, 0.25) is 5.91 Å². The minimum absolute atomic E-state index is 0.0265. The summed E-state index contributed by atoms with van der Waals surface area (Å²) in [4.78, 5) is 33.2. The molecule has 0 N–H and O–H groups in total. The second-order valence-corrected chi connectivity index (χ2v) is 9.44. The quantitative estimate of drug-likeness (QED) is 0.648. The van der Waals surface area contributed by atoms with Gasteiger partial charge in [-0.25, -0.2) is 4.98 Å². The second-order valence-electron chi connectivity index (χ2n) is 9.44. The molecule has 160 valence electrons. The molecule has 1 saturated heterocycles. The Bertz CT molecular complexity index is 1200. The number of hydrogen-bond acceptors (Lipinski definition) is 4. The number of carbonyl (C=O) groups excluding carboxylic acids is 1. The molecule has 5 heterocycles. The van der Waals surface area contributed by atoms with Crippen LogP contribution >= 0.6 is 0 Å². The van der Waals surface area contributed by atoms with E-state index in [1.54, 1.807) is 12.4 Å². The maximum atomic E-state index is 13.5. The van der Waals surface area contributed by atoms with Crippen LogP contribution in [0.3, 0.4) is 0 Å². The molecule has 2 bridgehead atoms. The number of nitrogens with zero attached hydrogens (tertiary/aromatic N) is 6. The number of fused-ring (bicyclic) bond motifs is 4. The van der Waals surface area contributed by atoms with Gasteiger partial charge >= 0.3 is 0 Å². The topological polar surface area (TPSA) is 78.0 Å². The molecule has 8 nitrogen and oxygen atoms in total. The van der Waals surface area contributed by atoms with Gasteiger partial charge in [-0.2, -0.15) is 5.10 Å². The van der Waals surface area contributed by atoms with Gasteiger partial charge in [0.1, 0.15) is 5.82 Å². The average molecular weight is 419 g/mol. The van der Waals surface area contributed by atoms with Crippen molar-refractivity contribution < 1.29 is 4.79 Å². The lowest BCUT2D eigenvalue weighted by atomic mass is 9.82. The van der Waals surface area contributed by atoms with Gasteiger partial charge in [-0.15, -0.1) is 0 Å². The number of piperidine rings is 1. The van der Waals surface area contributed by atoms with Gasteiger partial charge in [0.15, 0.2) is 0 Å². The van der Waals surface area contributed by atoms with E-state index in [1.165, 1.54) is 0 Å². The van der Waals surface area contributed by atoms with E-state index in [-0.39, 0.29) is 22.8 Å². The van der Waals surface area contributed by atoms with Gasteiger partial charge in [0.05, 0.1) is 17.5 Å². The Kier molecular flexibility index (Phi) is 4.00. The molecule has 0 spiro atoms. The lowest BCUT2D eigenvalue weighted by molar-refractivity contribution is -0.140. The van der Waals surface area contributed by atoms with Crippen LogP contribution in [-0.2, 0) is 24.9 Å². The normalized spacial score (nSPS) is 23.5. The molecule has 2 fully saturated rings. The highest BCUT2D eigenvalue weighted by Crippen LogP contribution is 2.50. The summed E-state index contributed by atoms with van der Waals surface area (Å²) in [6.07, 6.45) is 10.2. The summed E-state index contributed by atoms with van der Waals surface area (Å²) in [5.41, 5.74) is 1.42. The summed E-state index contributed by atoms with van der Waals surface area (Å²) in [6, 6.07) is 5.87. The zero-order valence-corrected chi connectivity index (χ0v) is 17.6. The van der Waals surface area contributed by atoms with Crippen LogP contribution < -0.4 is 5.56 Å². The molecule has 3 aromatic heterocycles. The molecule has 1 aliphatic carbocycles. The Morgan fingerprint density at radius 3 is 2.74 bits per heavy atom. The molecule has 31 heavy (non-hydrogen) atoms. The number of likely N-dealkylation sites (tertiary alicyclic amines) is 1. The van der Waals surface area contributed by atoms with E-state index in [9.17, 15) is 9.59 Å². The fourth-order valence-electron chi connectivity index (χ4n) is 5.54. The van der Waals surface area contributed by atoms with Gasteiger partial charge in [0.25, 0.3) is 5.56 Å². The molecule has 6 rings (SSSR count). The highest BCUT2D eigenvalue weighted by molar-refractivity contribution is 5.85. The van der Waals surface area contributed by atoms with Crippen LogP contribution in [0.5, 0.6) is 0 Å². The van der Waals surface area contributed by atoms with Crippen molar-refractivity contribution in [1.29, 1.82) is 0 Å². The molecule has 1 amide bonds. The maximum Gasteiger partial charge on any atom is 0.261 e.